The molecule has 0 spiro atoms. The molecule has 3 aromatic carbocycles. The Balaban J connectivity index is 0.000000547. The molecule has 0 saturated heterocycles. The minimum Gasteiger partial charge on any atom is -0.150 e. The summed E-state index contributed by atoms with van der Waals surface area (Å²) in [5.74, 6) is 0.560. The molecule has 1 aliphatic carbocycles. The van der Waals surface area contributed by atoms with Crippen LogP contribution < -0.4 is 0 Å². The Bertz CT molecular complexity index is 1080. The average Bonchev–Trinajstić information content (AvgIpc) is 3.18. The molecular weight excluding hydrogens is 527 g/mol. The van der Waals surface area contributed by atoms with Crippen LogP contribution >= 0.6 is 24.8 Å². The third-order valence-corrected chi connectivity index (χ3v) is 5.45. The standard InChI is InChI=1S/C17H15.C9H13.C2H6Si.2ClH.Zr/c1-12-9-13(2)11-15(10-12)17-8-7-14-5-3-4-6-16(14)17;1-6-5-7(2)9(4)8(6)3;1-3-2;;;/h3-11H,1-2H3;6H,1-4H3;1-2H3;2*1H;/q2*-1;;;;+2. The second-order valence-corrected chi connectivity index (χ2v) is 17.9. The normalized spacial score (nSPS) is 14.3. The van der Waals surface area contributed by atoms with Gasteiger partial charge in [-0.2, -0.15) is 11.1 Å². The van der Waals surface area contributed by atoms with Gasteiger partial charge in [-0.1, -0.05) is 67.6 Å². The maximum Gasteiger partial charge on any atom is -0.0398 e. The van der Waals surface area contributed by atoms with Gasteiger partial charge in [0, 0.05) is 0 Å². The second-order valence-electron chi connectivity index (χ2n) is 8.51. The van der Waals surface area contributed by atoms with Crippen LogP contribution in [0.2, 0.25) is 13.1 Å². The van der Waals surface area contributed by atoms with Crippen molar-refractivity contribution < 1.29 is 23.3 Å². The predicted molar refractivity (Wildman–Crippen MR) is 146 cm³/mol. The molecule has 3 aromatic rings. The van der Waals surface area contributed by atoms with E-state index in [-0.39, 0.29) is 30.2 Å². The van der Waals surface area contributed by atoms with Gasteiger partial charge in [0.05, 0.1) is 0 Å². The van der Waals surface area contributed by atoms with Crippen LogP contribution in [0.5, 0.6) is 0 Å². The van der Waals surface area contributed by atoms with Gasteiger partial charge in [-0.25, -0.2) is 5.57 Å². The van der Waals surface area contributed by atoms with Gasteiger partial charge in [0.1, 0.15) is 0 Å². The number of halogens is 2. The molecule has 0 aromatic heterocycles. The Kier molecular flexibility index (Phi) is 14.1. The zero-order valence-electron chi connectivity index (χ0n) is 20.6. The van der Waals surface area contributed by atoms with E-state index in [2.05, 4.69) is 115 Å². The average molecular weight is 563 g/mol. The number of allylic oxidation sites excluding steroid dienone is 4. The Hall–Kier alpha value is -0.790. The summed E-state index contributed by atoms with van der Waals surface area (Å²) in [5.41, 5.74) is 9.77. The molecule has 0 bridgehead atoms. The van der Waals surface area contributed by atoms with Crippen LogP contribution in [0.1, 0.15) is 38.8 Å². The molecule has 1 aliphatic rings. The number of fused-ring (bicyclic) bond motifs is 1. The minimum absolute atomic E-state index is 0. The van der Waals surface area contributed by atoms with E-state index in [9.17, 15) is 0 Å². The van der Waals surface area contributed by atoms with Crippen LogP contribution in [-0.2, 0) is 23.3 Å². The van der Waals surface area contributed by atoms with E-state index in [1.165, 1.54) is 49.7 Å². The molecule has 0 amide bonds. The van der Waals surface area contributed by atoms with Crippen molar-refractivity contribution in [3.63, 3.8) is 0 Å². The van der Waals surface area contributed by atoms with E-state index >= 15 is 0 Å². The van der Waals surface area contributed by atoms with Crippen LogP contribution in [0.15, 0.2) is 71.3 Å². The summed E-state index contributed by atoms with van der Waals surface area (Å²) in [4.78, 5) is 0. The van der Waals surface area contributed by atoms with Crippen LogP contribution in [0.4, 0.5) is 0 Å². The molecule has 0 N–H and O–H groups in total. The van der Waals surface area contributed by atoms with Gasteiger partial charge in [-0.3, -0.25) is 6.08 Å². The summed E-state index contributed by atoms with van der Waals surface area (Å²) in [5, 5.41) is 2.67. The van der Waals surface area contributed by atoms with Crippen molar-refractivity contribution in [1.82, 2.24) is 0 Å². The zero-order valence-corrected chi connectivity index (χ0v) is 25.7. The molecule has 0 radical (unpaired) electrons. The first-order chi connectivity index (χ1) is 14.1. The van der Waals surface area contributed by atoms with Gasteiger partial charge in [-0.15, -0.1) is 78.4 Å². The third-order valence-electron chi connectivity index (χ3n) is 5.45. The van der Waals surface area contributed by atoms with Crippen molar-refractivity contribution in [2.75, 3.05) is 0 Å². The van der Waals surface area contributed by atoms with E-state index in [1.807, 2.05) is 0 Å². The predicted octanol–water partition coefficient (Wildman–Crippen LogP) is 9.19. The van der Waals surface area contributed by atoms with Gasteiger partial charge in [0.15, 0.2) is 0 Å². The molecule has 32 heavy (non-hydrogen) atoms. The molecule has 0 saturated carbocycles. The number of benzene rings is 2. The smallest absolute Gasteiger partial charge is 0.0398 e. The van der Waals surface area contributed by atoms with Crippen LogP contribution in [-0.4, -0.2) is 5.43 Å². The zero-order chi connectivity index (χ0) is 22.4. The topological polar surface area (TPSA) is 0 Å². The monoisotopic (exact) mass is 560 g/mol. The second kappa shape index (κ2) is 14.5. The molecule has 0 heterocycles. The number of aryl methyl sites for hydroxylation is 2. The van der Waals surface area contributed by atoms with E-state index < -0.39 is 0 Å². The maximum absolute atomic E-state index is 3.36. The van der Waals surface area contributed by atoms with Gasteiger partial charge in [-0.05, 0) is 13.8 Å². The minimum atomic E-state index is 0. The van der Waals surface area contributed by atoms with E-state index in [1.54, 1.807) is 23.3 Å². The molecule has 4 heteroatoms. The molecule has 170 valence electrons. The van der Waals surface area contributed by atoms with Crippen molar-refractivity contribution in [3.8, 4) is 11.1 Å². The third kappa shape index (κ3) is 8.86. The Morgan fingerprint density at radius 2 is 1.44 bits per heavy atom. The number of rotatable bonds is 1. The summed E-state index contributed by atoms with van der Waals surface area (Å²) in [6, 6.07) is 19.7. The SMILES string of the molecule is CC1=[C-]C(C)C(C)=C1C.C[Si](C)=[Zr+2].Cc1cc(C)cc(-c2c[cH-]c3ccccc23)c1.Cl.Cl. The van der Waals surface area contributed by atoms with Crippen LogP contribution in [0.3, 0.4) is 0 Å². The van der Waals surface area contributed by atoms with Crippen molar-refractivity contribution in [3.05, 3.63) is 88.5 Å². The largest absolute Gasteiger partial charge is 0.150 e. The summed E-state index contributed by atoms with van der Waals surface area (Å²) in [6.45, 7) is 17.6. The summed E-state index contributed by atoms with van der Waals surface area (Å²) in [6.07, 6.45) is 3.36. The first-order valence-electron chi connectivity index (χ1n) is 10.6. The van der Waals surface area contributed by atoms with Crippen molar-refractivity contribution in [1.29, 1.82) is 0 Å². The Labute approximate surface area is 223 Å². The van der Waals surface area contributed by atoms with Gasteiger partial charge in [0.2, 0.25) is 0 Å². The van der Waals surface area contributed by atoms with E-state index in [0.717, 1.165) is 0 Å². The fraction of sp³-hybridized carbons (Fsp3) is 0.321. The van der Waals surface area contributed by atoms with E-state index in [0.29, 0.717) is 5.92 Å². The first-order valence-corrected chi connectivity index (χ1v) is 16.8. The van der Waals surface area contributed by atoms with Crippen LogP contribution in [0, 0.1) is 25.8 Å². The fourth-order valence-corrected chi connectivity index (χ4v) is 3.69. The molecular formula is C28H36Cl2SiZr. The molecule has 1 atom stereocenters. The Morgan fingerprint density at radius 3 is 1.88 bits per heavy atom. The number of hydrogen-bond acceptors (Lipinski definition) is 0. The quantitative estimate of drug-likeness (QED) is 0.205. The molecule has 0 aliphatic heterocycles. The van der Waals surface area contributed by atoms with Crippen molar-refractivity contribution >= 4 is 41.0 Å². The van der Waals surface area contributed by atoms with Crippen LogP contribution in [0.25, 0.3) is 21.9 Å². The molecule has 0 nitrogen and oxygen atoms in total. The number of hydrogen-bond donors (Lipinski definition) is 0. The molecule has 0 fully saturated rings. The fourth-order valence-electron chi connectivity index (χ4n) is 3.69. The molecule has 1 unspecified atom stereocenters. The van der Waals surface area contributed by atoms with Crippen molar-refractivity contribution in [2.24, 2.45) is 5.92 Å². The van der Waals surface area contributed by atoms with Crippen molar-refractivity contribution in [2.45, 2.75) is 54.6 Å². The first kappa shape index (κ1) is 31.2. The van der Waals surface area contributed by atoms with Gasteiger partial charge in [0.25, 0.3) is 0 Å². The Morgan fingerprint density at radius 1 is 0.906 bits per heavy atom. The van der Waals surface area contributed by atoms with Gasteiger partial charge < -0.3 is 0 Å². The molecule has 4 rings (SSSR count). The summed E-state index contributed by atoms with van der Waals surface area (Å²) in [7, 11) is 0. The van der Waals surface area contributed by atoms with Gasteiger partial charge >= 0.3 is 41.9 Å². The maximum atomic E-state index is 3.36. The summed E-state index contributed by atoms with van der Waals surface area (Å²) < 4.78 is 0. The summed E-state index contributed by atoms with van der Waals surface area (Å²) >= 11 is 1.74. The van der Waals surface area contributed by atoms with E-state index in [4.69, 9.17) is 0 Å².